The molecule has 98 valence electrons. The lowest BCUT2D eigenvalue weighted by atomic mass is 10.1. The average Bonchev–Trinajstić information content (AvgIpc) is 2.33. The van der Waals surface area contributed by atoms with Gasteiger partial charge in [-0.2, -0.15) is 0 Å². The fourth-order valence-corrected chi connectivity index (χ4v) is 1.53. The molecule has 18 heavy (non-hydrogen) atoms. The number of nitrogens with two attached hydrogens (primary N) is 1. The topological polar surface area (TPSA) is 61.5 Å². The number of hydrogen-bond acceptors (Lipinski definition) is 4. The first-order chi connectivity index (χ1) is 8.58. The summed E-state index contributed by atoms with van der Waals surface area (Å²) in [5.74, 6) is 0.253. The molecule has 0 radical (unpaired) electrons. The van der Waals surface area contributed by atoms with E-state index in [1.807, 2.05) is 6.07 Å². The van der Waals surface area contributed by atoms with Crippen LogP contribution in [0.5, 0.6) is 5.75 Å². The number of allylic oxidation sites excluding steroid dienone is 1. The van der Waals surface area contributed by atoms with E-state index >= 15 is 0 Å². The zero-order valence-corrected chi connectivity index (χ0v) is 10.8. The number of rotatable bonds is 6. The van der Waals surface area contributed by atoms with Crippen LogP contribution >= 0.6 is 0 Å². The maximum absolute atomic E-state index is 11.5. The summed E-state index contributed by atoms with van der Waals surface area (Å²) in [6.07, 6.45) is 1.75. The molecule has 1 aromatic carbocycles. The number of esters is 1. The molecule has 1 aromatic rings. The Balaban J connectivity index is 2.82. The molecule has 1 unspecified atom stereocenters. The molecule has 4 nitrogen and oxygen atoms in total. The zero-order valence-electron chi connectivity index (χ0n) is 10.8. The Hall–Kier alpha value is -1.97. The van der Waals surface area contributed by atoms with Gasteiger partial charge >= 0.3 is 5.97 Å². The SMILES string of the molecule is C=CCc1cc(N)ccc1OC(C)C(=O)OCC. The van der Waals surface area contributed by atoms with E-state index in [1.54, 1.807) is 32.1 Å². The third-order valence-corrected chi connectivity index (χ3v) is 2.37. The molecule has 0 spiro atoms. The van der Waals surface area contributed by atoms with E-state index in [-0.39, 0.29) is 5.97 Å². The van der Waals surface area contributed by atoms with Crippen molar-refractivity contribution in [3.63, 3.8) is 0 Å². The minimum absolute atomic E-state index is 0.341. The van der Waals surface area contributed by atoms with Crippen LogP contribution < -0.4 is 10.5 Å². The van der Waals surface area contributed by atoms with E-state index in [2.05, 4.69) is 6.58 Å². The maximum atomic E-state index is 11.5. The predicted molar refractivity (Wildman–Crippen MR) is 71.5 cm³/mol. The zero-order chi connectivity index (χ0) is 13.5. The second kappa shape index (κ2) is 6.69. The van der Waals surface area contributed by atoms with E-state index in [9.17, 15) is 4.79 Å². The molecule has 0 saturated carbocycles. The fraction of sp³-hybridized carbons (Fsp3) is 0.357. The number of carbonyl (C=O) groups excluding carboxylic acids is 1. The van der Waals surface area contributed by atoms with Crippen molar-refractivity contribution in [3.05, 3.63) is 36.4 Å². The van der Waals surface area contributed by atoms with E-state index in [1.165, 1.54) is 0 Å². The van der Waals surface area contributed by atoms with E-state index < -0.39 is 6.10 Å². The van der Waals surface area contributed by atoms with Gasteiger partial charge in [0.05, 0.1) is 6.61 Å². The van der Waals surface area contributed by atoms with Crippen molar-refractivity contribution in [2.75, 3.05) is 12.3 Å². The molecule has 0 aliphatic heterocycles. The van der Waals surface area contributed by atoms with Gasteiger partial charge in [0.15, 0.2) is 6.10 Å². The molecule has 2 N–H and O–H groups in total. The summed E-state index contributed by atoms with van der Waals surface area (Å²) in [5.41, 5.74) is 7.27. The van der Waals surface area contributed by atoms with E-state index in [0.717, 1.165) is 5.56 Å². The quantitative estimate of drug-likeness (QED) is 0.477. The Morgan fingerprint density at radius 1 is 1.56 bits per heavy atom. The fourth-order valence-electron chi connectivity index (χ4n) is 1.53. The summed E-state index contributed by atoms with van der Waals surface area (Å²) < 4.78 is 10.5. The first-order valence-electron chi connectivity index (χ1n) is 5.91. The van der Waals surface area contributed by atoms with Crippen molar-refractivity contribution < 1.29 is 14.3 Å². The molecule has 0 heterocycles. The summed E-state index contributed by atoms with van der Waals surface area (Å²) in [4.78, 5) is 11.5. The van der Waals surface area contributed by atoms with Crippen LogP contribution in [0.4, 0.5) is 5.69 Å². The summed E-state index contributed by atoms with van der Waals surface area (Å²) in [6.45, 7) is 7.44. The highest BCUT2D eigenvalue weighted by atomic mass is 16.6. The van der Waals surface area contributed by atoms with E-state index in [0.29, 0.717) is 24.5 Å². The summed E-state index contributed by atoms with van der Waals surface area (Å²) >= 11 is 0. The second-order valence-corrected chi connectivity index (χ2v) is 3.87. The van der Waals surface area contributed by atoms with Crippen LogP contribution in [-0.4, -0.2) is 18.7 Å². The number of carbonyl (C=O) groups is 1. The summed E-state index contributed by atoms with van der Waals surface area (Å²) in [7, 11) is 0. The van der Waals surface area contributed by atoms with Crippen LogP contribution in [0.1, 0.15) is 19.4 Å². The minimum atomic E-state index is -0.642. The van der Waals surface area contributed by atoms with Gasteiger partial charge in [0.1, 0.15) is 5.75 Å². The highest BCUT2D eigenvalue weighted by molar-refractivity contribution is 5.74. The Morgan fingerprint density at radius 2 is 2.28 bits per heavy atom. The van der Waals surface area contributed by atoms with Crippen LogP contribution in [0.15, 0.2) is 30.9 Å². The monoisotopic (exact) mass is 249 g/mol. The molecule has 1 rings (SSSR count). The Labute approximate surface area is 107 Å². The molecule has 0 aromatic heterocycles. The molecule has 0 aliphatic rings. The average molecular weight is 249 g/mol. The number of anilines is 1. The van der Waals surface area contributed by atoms with Gasteiger partial charge < -0.3 is 15.2 Å². The predicted octanol–water partition coefficient (Wildman–Crippen LogP) is 2.33. The van der Waals surface area contributed by atoms with Crippen LogP contribution in [0.25, 0.3) is 0 Å². The molecule has 1 atom stereocenters. The van der Waals surface area contributed by atoms with Crippen molar-refractivity contribution >= 4 is 11.7 Å². The highest BCUT2D eigenvalue weighted by Crippen LogP contribution is 2.23. The molecule has 0 aliphatic carbocycles. The van der Waals surface area contributed by atoms with Gasteiger partial charge in [-0.25, -0.2) is 4.79 Å². The van der Waals surface area contributed by atoms with Crippen LogP contribution in [0, 0.1) is 0 Å². The maximum Gasteiger partial charge on any atom is 0.347 e. The Bertz CT molecular complexity index is 429. The van der Waals surface area contributed by atoms with Crippen LogP contribution in [0.3, 0.4) is 0 Å². The van der Waals surface area contributed by atoms with Gasteiger partial charge in [0.2, 0.25) is 0 Å². The molecule has 0 fully saturated rings. The van der Waals surface area contributed by atoms with Gasteiger partial charge in [-0.3, -0.25) is 0 Å². The Kier molecular flexibility index (Phi) is 5.24. The first kappa shape index (κ1) is 14.1. The smallest absolute Gasteiger partial charge is 0.347 e. The number of nitrogen functional groups attached to an aromatic ring is 1. The van der Waals surface area contributed by atoms with Crippen LogP contribution in [-0.2, 0) is 16.0 Å². The van der Waals surface area contributed by atoms with E-state index in [4.69, 9.17) is 15.2 Å². The van der Waals surface area contributed by atoms with Gasteiger partial charge in [-0.15, -0.1) is 6.58 Å². The third kappa shape index (κ3) is 3.80. The Morgan fingerprint density at radius 3 is 2.89 bits per heavy atom. The third-order valence-electron chi connectivity index (χ3n) is 2.37. The lowest BCUT2D eigenvalue weighted by molar-refractivity contribution is -0.150. The molecule has 0 bridgehead atoms. The number of hydrogen-bond donors (Lipinski definition) is 1. The molecular formula is C14H19NO3. The molecule has 0 saturated heterocycles. The lowest BCUT2D eigenvalue weighted by Crippen LogP contribution is -2.26. The minimum Gasteiger partial charge on any atom is -0.479 e. The van der Waals surface area contributed by atoms with Gasteiger partial charge in [-0.1, -0.05) is 6.08 Å². The van der Waals surface area contributed by atoms with Crippen molar-refractivity contribution in [2.24, 2.45) is 0 Å². The van der Waals surface area contributed by atoms with Gasteiger partial charge in [0.25, 0.3) is 0 Å². The molecule has 0 amide bonds. The summed E-state index contributed by atoms with van der Waals surface area (Å²) in [5, 5.41) is 0. The largest absolute Gasteiger partial charge is 0.479 e. The number of benzene rings is 1. The van der Waals surface area contributed by atoms with Gasteiger partial charge in [-0.05, 0) is 44.0 Å². The second-order valence-electron chi connectivity index (χ2n) is 3.87. The normalized spacial score (nSPS) is 11.7. The van der Waals surface area contributed by atoms with Gasteiger partial charge in [0, 0.05) is 5.69 Å². The first-order valence-corrected chi connectivity index (χ1v) is 5.91. The van der Waals surface area contributed by atoms with Crippen molar-refractivity contribution in [1.82, 2.24) is 0 Å². The lowest BCUT2D eigenvalue weighted by Gasteiger charge is -2.16. The standard InChI is InChI=1S/C14H19NO3/c1-4-6-11-9-12(15)7-8-13(11)18-10(3)14(16)17-5-2/h4,7-10H,1,5-6,15H2,2-3H3. The summed E-state index contributed by atoms with van der Waals surface area (Å²) in [6, 6.07) is 5.30. The van der Waals surface area contributed by atoms with Crippen molar-refractivity contribution in [2.45, 2.75) is 26.4 Å². The highest BCUT2D eigenvalue weighted by Gasteiger charge is 2.17. The van der Waals surface area contributed by atoms with Crippen molar-refractivity contribution in [3.8, 4) is 5.75 Å². The molecule has 4 heteroatoms. The van der Waals surface area contributed by atoms with Crippen LogP contribution in [0.2, 0.25) is 0 Å². The van der Waals surface area contributed by atoms with Crippen molar-refractivity contribution in [1.29, 1.82) is 0 Å². The molecular weight excluding hydrogens is 230 g/mol. The number of ether oxygens (including phenoxy) is 2.